The first-order valence-electron chi connectivity index (χ1n) is 18.8. The minimum atomic E-state index is -0.654. The van der Waals surface area contributed by atoms with Crippen LogP contribution in [0.5, 0.6) is 0 Å². The van der Waals surface area contributed by atoms with E-state index in [1.54, 1.807) is 22.9 Å². The summed E-state index contributed by atoms with van der Waals surface area (Å²) >= 11 is 1.79. The molecular weight excluding hydrogens is 580 g/mol. The van der Waals surface area contributed by atoms with Gasteiger partial charge in [0.15, 0.2) is 0 Å². The normalized spacial score (nSPS) is 46.2. The smallest absolute Gasteiger partial charge is 0.321 e. The van der Waals surface area contributed by atoms with Gasteiger partial charge in [-0.05, 0) is 140 Å². The van der Waals surface area contributed by atoms with Gasteiger partial charge in [0.25, 0.3) is 0 Å². The van der Waals surface area contributed by atoms with E-state index in [0.717, 1.165) is 80.0 Å². The molecule has 1 aliphatic heterocycles. The lowest BCUT2D eigenvalue weighted by atomic mass is 9.37. The maximum atomic E-state index is 13.4. The van der Waals surface area contributed by atoms with Crippen molar-refractivity contribution in [3.05, 3.63) is 23.3 Å². The molecule has 4 saturated carbocycles. The fourth-order valence-electron chi connectivity index (χ4n) is 13.5. The molecule has 10 unspecified atom stereocenters. The number of fused-ring (bicyclic) bond motifs is 7. The molecule has 0 spiro atoms. The van der Waals surface area contributed by atoms with Crippen molar-refractivity contribution in [2.75, 3.05) is 37.8 Å². The van der Waals surface area contributed by atoms with E-state index in [4.69, 9.17) is 0 Å². The Kier molecular flexibility index (Phi) is 8.89. The van der Waals surface area contributed by atoms with Gasteiger partial charge in [-0.15, -0.1) is 0 Å². The summed E-state index contributed by atoms with van der Waals surface area (Å²) < 4.78 is 13.4. The molecule has 4 nitrogen and oxygen atoms in total. The zero-order valence-electron chi connectivity index (χ0n) is 28.7. The zero-order chi connectivity index (χ0) is 31.6. The standard InChI is InChI=1S/C39H61FN2O2S/c1-36(2)29(27-9-7-26(24-40)8-10-27)13-17-38(4)33(36)15-18-37(3)30-14-19-39(16-5-6-31(39)28(30)11-12-34(37)38)41-20-21-42-22-23-45-25-32(42)35(43)44/h9,13,26,28,30-34,41H,5-8,10-12,14-25H2,1-4H3,(H,43,44). The Hall–Kier alpha value is -0.850. The lowest BCUT2D eigenvalue weighted by Crippen LogP contribution is -2.64. The lowest BCUT2D eigenvalue weighted by Gasteiger charge is -2.68. The second-order valence-electron chi connectivity index (χ2n) is 17.7. The van der Waals surface area contributed by atoms with Gasteiger partial charge < -0.3 is 10.4 Å². The van der Waals surface area contributed by atoms with E-state index < -0.39 is 5.97 Å². The molecule has 0 radical (unpaired) electrons. The molecule has 0 aromatic carbocycles. The third kappa shape index (κ3) is 5.32. The quantitative estimate of drug-likeness (QED) is 0.292. The summed E-state index contributed by atoms with van der Waals surface area (Å²) in [6.07, 6.45) is 21.5. The Morgan fingerprint density at radius 2 is 1.84 bits per heavy atom. The number of thioether (sulfide) groups is 1. The number of carboxylic acid groups (broad SMARTS) is 1. The highest BCUT2D eigenvalue weighted by Crippen LogP contribution is 2.72. The number of carbonyl (C=O) groups is 1. The summed E-state index contributed by atoms with van der Waals surface area (Å²) in [5.74, 6) is 5.34. The van der Waals surface area contributed by atoms with E-state index in [2.05, 4.69) is 50.1 Å². The first-order valence-corrected chi connectivity index (χ1v) is 19.9. The SMILES string of the molecule is CC1(C)C(C2=CCC(CF)CC2)=CCC2(C)C1CCC1(C)C3CCC4(NCCN5CCSCC5C(=O)O)CCCC4C3CCC12. The third-order valence-corrected chi connectivity index (χ3v) is 16.6. The summed E-state index contributed by atoms with van der Waals surface area (Å²) in [6.45, 7) is 13.0. The Morgan fingerprint density at radius 1 is 1.00 bits per heavy atom. The second kappa shape index (κ2) is 12.2. The molecule has 45 heavy (non-hydrogen) atoms. The molecule has 0 aromatic rings. The first-order chi connectivity index (χ1) is 21.5. The van der Waals surface area contributed by atoms with Crippen LogP contribution in [-0.2, 0) is 4.79 Å². The maximum absolute atomic E-state index is 13.4. The molecule has 10 atom stereocenters. The maximum Gasteiger partial charge on any atom is 0.321 e. The number of alkyl halides is 1. The molecule has 7 aliphatic rings. The molecule has 6 aliphatic carbocycles. The van der Waals surface area contributed by atoms with E-state index in [9.17, 15) is 14.3 Å². The Bertz CT molecular complexity index is 1200. The van der Waals surface area contributed by atoms with Crippen LogP contribution in [0.3, 0.4) is 0 Å². The van der Waals surface area contributed by atoms with Crippen LogP contribution in [0.2, 0.25) is 0 Å². The van der Waals surface area contributed by atoms with Gasteiger partial charge in [0, 0.05) is 36.7 Å². The molecule has 0 amide bonds. The van der Waals surface area contributed by atoms with Crippen LogP contribution in [0.1, 0.15) is 111 Å². The van der Waals surface area contributed by atoms with E-state index in [1.165, 1.54) is 64.2 Å². The van der Waals surface area contributed by atoms with Gasteiger partial charge >= 0.3 is 5.97 Å². The summed E-state index contributed by atoms with van der Waals surface area (Å²) in [6, 6.07) is -0.325. The predicted octanol–water partition coefficient (Wildman–Crippen LogP) is 8.53. The summed E-state index contributed by atoms with van der Waals surface area (Å²) in [5.41, 5.74) is 4.40. The highest BCUT2D eigenvalue weighted by molar-refractivity contribution is 7.99. The van der Waals surface area contributed by atoms with E-state index in [1.807, 2.05) is 0 Å². The molecule has 0 bridgehead atoms. The lowest BCUT2D eigenvalue weighted by molar-refractivity contribution is -0.175. The summed E-state index contributed by atoms with van der Waals surface area (Å²) in [4.78, 5) is 14.1. The van der Waals surface area contributed by atoms with Crippen molar-refractivity contribution in [2.45, 2.75) is 123 Å². The molecule has 7 rings (SSSR count). The minimum absolute atomic E-state index is 0.168. The van der Waals surface area contributed by atoms with Crippen molar-refractivity contribution >= 4 is 17.7 Å². The van der Waals surface area contributed by atoms with Crippen LogP contribution in [0, 0.1) is 51.8 Å². The Balaban J connectivity index is 1.06. The van der Waals surface area contributed by atoms with Crippen molar-refractivity contribution in [1.82, 2.24) is 10.2 Å². The molecule has 1 saturated heterocycles. The van der Waals surface area contributed by atoms with Gasteiger partial charge in [-0.3, -0.25) is 14.1 Å². The van der Waals surface area contributed by atoms with Crippen LogP contribution in [-0.4, -0.2) is 65.4 Å². The topological polar surface area (TPSA) is 52.6 Å². The number of aliphatic carboxylic acids is 1. The van der Waals surface area contributed by atoms with Gasteiger partial charge in [-0.1, -0.05) is 46.3 Å². The van der Waals surface area contributed by atoms with Crippen molar-refractivity contribution in [1.29, 1.82) is 0 Å². The number of hydrogen-bond donors (Lipinski definition) is 2. The van der Waals surface area contributed by atoms with Crippen LogP contribution in [0.4, 0.5) is 4.39 Å². The van der Waals surface area contributed by atoms with E-state index >= 15 is 0 Å². The Morgan fingerprint density at radius 3 is 2.60 bits per heavy atom. The van der Waals surface area contributed by atoms with Crippen LogP contribution >= 0.6 is 11.8 Å². The fourth-order valence-corrected chi connectivity index (χ4v) is 14.6. The predicted molar refractivity (Wildman–Crippen MR) is 184 cm³/mol. The van der Waals surface area contributed by atoms with Crippen molar-refractivity contribution < 1.29 is 14.3 Å². The summed E-state index contributed by atoms with van der Waals surface area (Å²) in [7, 11) is 0. The van der Waals surface area contributed by atoms with Gasteiger partial charge in [0.2, 0.25) is 0 Å². The minimum Gasteiger partial charge on any atom is -0.480 e. The molecule has 252 valence electrons. The summed E-state index contributed by atoms with van der Waals surface area (Å²) in [5, 5.41) is 13.9. The molecule has 2 N–H and O–H groups in total. The molecule has 5 fully saturated rings. The average molecular weight is 641 g/mol. The second-order valence-corrected chi connectivity index (χ2v) is 18.8. The highest BCUT2D eigenvalue weighted by Gasteiger charge is 2.65. The fraction of sp³-hybridized carbons (Fsp3) is 0.872. The number of allylic oxidation sites excluding steroid dienone is 4. The van der Waals surface area contributed by atoms with Gasteiger partial charge in [-0.2, -0.15) is 11.8 Å². The Labute approximate surface area is 277 Å². The molecule has 6 heteroatoms. The average Bonchev–Trinajstić information content (AvgIpc) is 3.45. The van der Waals surface area contributed by atoms with Crippen LogP contribution in [0.15, 0.2) is 23.3 Å². The monoisotopic (exact) mass is 640 g/mol. The van der Waals surface area contributed by atoms with Gasteiger partial charge in [0.05, 0.1) is 6.67 Å². The third-order valence-electron chi connectivity index (χ3n) is 15.6. The number of rotatable bonds is 7. The van der Waals surface area contributed by atoms with Crippen molar-refractivity contribution in [3.63, 3.8) is 0 Å². The number of nitrogens with one attached hydrogen (secondary N) is 1. The molecular formula is C39H61FN2O2S. The number of halogens is 1. The first kappa shape index (κ1) is 32.7. The number of nitrogens with zero attached hydrogens (tertiary/aromatic N) is 1. The van der Waals surface area contributed by atoms with Crippen molar-refractivity contribution in [2.24, 2.45) is 51.8 Å². The highest BCUT2D eigenvalue weighted by atomic mass is 32.2. The zero-order valence-corrected chi connectivity index (χ0v) is 29.5. The molecule has 1 heterocycles. The number of carboxylic acids is 1. The van der Waals surface area contributed by atoms with E-state index in [-0.39, 0.29) is 29.6 Å². The van der Waals surface area contributed by atoms with Crippen LogP contribution in [0.25, 0.3) is 0 Å². The molecule has 0 aromatic heterocycles. The van der Waals surface area contributed by atoms with Crippen molar-refractivity contribution in [3.8, 4) is 0 Å². The van der Waals surface area contributed by atoms with Gasteiger partial charge in [-0.25, -0.2) is 0 Å². The van der Waals surface area contributed by atoms with E-state index in [0.29, 0.717) is 10.8 Å². The largest absolute Gasteiger partial charge is 0.480 e. The number of hydrogen-bond acceptors (Lipinski definition) is 4. The van der Waals surface area contributed by atoms with Crippen LogP contribution < -0.4 is 5.32 Å². The van der Waals surface area contributed by atoms with Gasteiger partial charge in [0.1, 0.15) is 6.04 Å².